The van der Waals surface area contributed by atoms with Crippen LogP contribution in [0.1, 0.15) is 46.0 Å². The van der Waals surface area contributed by atoms with Gasteiger partial charge in [0.05, 0.1) is 5.75 Å². The van der Waals surface area contributed by atoms with E-state index in [1.165, 1.54) is 19.3 Å². The summed E-state index contributed by atoms with van der Waals surface area (Å²) < 4.78 is 23.0. The van der Waals surface area contributed by atoms with Gasteiger partial charge in [-0.2, -0.15) is 0 Å². The summed E-state index contributed by atoms with van der Waals surface area (Å²) in [6, 6.07) is 0.703. The molecule has 0 spiro atoms. The van der Waals surface area contributed by atoms with Crippen LogP contribution in [0.5, 0.6) is 0 Å². The standard InChI is InChI=1S/C12H25NO2S/c1-3-8-16(14,15)9-7-11(2)10-13-12-5-4-6-12/h11-13H,3-10H2,1-2H3. The highest BCUT2D eigenvalue weighted by atomic mass is 32.2. The molecule has 0 amide bonds. The monoisotopic (exact) mass is 247 g/mol. The number of nitrogens with one attached hydrogen (secondary N) is 1. The zero-order chi connectivity index (χ0) is 12.0. The van der Waals surface area contributed by atoms with Gasteiger partial charge in [0.25, 0.3) is 0 Å². The fraction of sp³-hybridized carbons (Fsp3) is 1.00. The molecular weight excluding hydrogens is 222 g/mol. The summed E-state index contributed by atoms with van der Waals surface area (Å²) in [6.45, 7) is 5.01. The van der Waals surface area contributed by atoms with Crippen LogP contribution in [0.3, 0.4) is 0 Å². The van der Waals surface area contributed by atoms with Crippen LogP contribution < -0.4 is 5.32 Å². The Labute approximate surface area is 99.9 Å². The van der Waals surface area contributed by atoms with Crippen molar-refractivity contribution in [2.24, 2.45) is 5.92 Å². The van der Waals surface area contributed by atoms with Crippen molar-refractivity contribution in [3.63, 3.8) is 0 Å². The summed E-state index contributed by atoms with van der Waals surface area (Å²) in [6.07, 6.45) is 5.46. The average Bonchev–Trinajstić information content (AvgIpc) is 2.12. The summed E-state index contributed by atoms with van der Waals surface area (Å²) in [5.74, 6) is 1.16. The number of hydrogen-bond acceptors (Lipinski definition) is 3. The predicted molar refractivity (Wildman–Crippen MR) is 68.4 cm³/mol. The maximum Gasteiger partial charge on any atom is 0.150 e. The van der Waals surface area contributed by atoms with E-state index in [4.69, 9.17) is 0 Å². The first-order valence-corrected chi connectivity index (χ1v) is 8.29. The van der Waals surface area contributed by atoms with Crippen molar-refractivity contribution in [1.82, 2.24) is 5.32 Å². The molecule has 0 heterocycles. The molecule has 0 aromatic carbocycles. The lowest BCUT2D eigenvalue weighted by molar-refractivity contribution is 0.319. The van der Waals surface area contributed by atoms with Gasteiger partial charge >= 0.3 is 0 Å². The summed E-state index contributed by atoms with van der Waals surface area (Å²) in [7, 11) is -2.78. The molecule has 0 bridgehead atoms. The van der Waals surface area contributed by atoms with E-state index in [0.29, 0.717) is 23.5 Å². The number of hydrogen-bond donors (Lipinski definition) is 1. The van der Waals surface area contributed by atoms with Crippen molar-refractivity contribution in [3.05, 3.63) is 0 Å². The van der Waals surface area contributed by atoms with Crippen LogP contribution in [0.25, 0.3) is 0 Å². The summed E-state index contributed by atoms with van der Waals surface area (Å²) >= 11 is 0. The van der Waals surface area contributed by atoms with Gasteiger partial charge in [-0.25, -0.2) is 8.42 Å². The molecule has 1 saturated carbocycles. The molecule has 1 aliphatic rings. The molecule has 16 heavy (non-hydrogen) atoms. The topological polar surface area (TPSA) is 46.2 Å². The fourth-order valence-corrected chi connectivity index (χ4v) is 3.46. The molecule has 0 aromatic heterocycles. The molecule has 1 atom stereocenters. The van der Waals surface area contributed by atoms with E-state index >= 15 is 0 Å². The van der Waals surface area contributed by atoms with Crippen LogP contribution in [0, 0.1) is 5.92 Å². The Hall–Kier alpha value is -0.0900. The lowest BCUT2D eigenvalue weighted by atomic mass is 9.92. The minimum absolute atomic E-state index is 0.343. The maximum absolute atomic E-state index is 11.5. The Kier molecular flexibility index (Phi) is 5.76. The second-order valence-corrected chi connectivity index (χ2v) is 7.39. The first-order chi connectivity index (χ1) is 7.53. The smallest absolute Gasteiger partial charge is 0.150 e. The van der Waals surface area contributed by atoms with Crippen LogP contribution in [-0.4, -0.2) is 32.5 Å². The van der Waals surface area contributed by atoms with E-state index in [0.717, 1.165) is 19.4 Å². The predicted octanol–water partition coefficient (Wildman–Crippen LogP) is 1.98. The van der Waals surface area contributed by atoms with Crippen molar-refractivity contribution in [1.29, 1.82) is 0 Å². The van der Waals surface area contributed by atoms with Crippen LogP contribution >= 0.6 is 0 Å². The van der Waals surface area contributed by atoms with E-state index < -0.39 is 9.84 Å². The Morgan fingerprint density at radius 2 is 2.00 bits per heavy atom. The number of sulfone groups is 1. The second kappa shape index (κ2) is 6.60. The minimum atomic E-state index is -2.78. The molecule has 0 aliphatic heterocycles. The summed E-state index contributed by atoms with van der Waals surface area (Å²) in [5, 5.41) is 3.49. The normalized spacial score (nSPS) is 19.4. The van der Waals surface area contributed by atoms with E-state index in [1.807, 2.05) is 6.92 Å². The molecule has 1 rings (SSSR count). The molecule has 0 saturated heterocycles. The Morgan fingerprint density at radius 1 is 1.31 bits per heavy atom. The van der Waals surface area contributed by atoms with Gasteiger partial charge in [0, 0.05) is 11.8 Å². The van der Waals surface area contributed by atoms with Gasteiger partial charge in [0.1, 0.15) is 9.84 Å². The van der Waals surface area contributed by atoms with Crippen molar-refractivity contribution in [2.45, 2.75) is 52.0 Å². The van der Waals surface area contributed by atoms with E-state index in [2.05, 4.69) is 12.2 Å². The minimum Gasteiger partial charge on any atom is -0.314 e. The average molecular weight is 247 g/mol. The summed E-state index contributed by atoms with van der Waals surface area (Å²) in [5.41, 5.74) is 0. The van der Waals surface area contributed by atoms with Gasteiger partial charge in [-0.15, -0.1) is 0 Å². The van der Waals surface area contributed by atoms with Crippen molar-refractivity contribution >= 4 is 9.84 Å². The van der Waals surface area contributed by atoms with Crippen molar-refractivity contribution < 1.29 is 8.42 Å². The van der Waals surface area contributed by atoms with E-state index in [-0.39, 0.29) is 0 Å². The zero-order valence-corrected chi connectivity index (χ0v) is 11.4. The number of rotatable bonds is 8. The molecule has 1 unspecified atom stereocenters. The van der Waals surface area contributed by atoms with Gasteiger partial charge in [0.2, 0.25) is 0 Å². The highest BCUT2D eigenvalue weighted by Crippen LogP contribution is 2.18. The van der Waals surface area contributed by atoms with Crippen LogP contribution in [0.15, 0.2) is 0 Å². The highest BCUT2D eigenvalue weighted by Gasteiger charge is 2.18. The van der Waals surface area contributed by atoms with E-state index in [1.54, 1.807) is 0 Å². The van der Waals surface area contributed by atoms with Crippen LogP contribution in [0.2, 0.25) is 0 Å². The Morgan fingerprint density at radius 3 is 2.50 bits per heavy atom. The van der Waals surface area contributed by atoms with E-state index in [9.17, 15) is 8.42 Å². The maximum atomic E-state index is 11.5. The van der Waals surface area contributed by atoms with Gasteiger partial charge < -0.3 is 5.32 Å². The second-order valence-electron chi connectivity index (χ2n) is 5.08. The van der Waals surface area contributed by atoms with Gasteiger partial charge in [-0.05, 0) is 38.1 Å². The Balaban J connectivity index is 2.11. The van der Waals surface area contributed by atoms with Gasteiger partial charge in [-0.1, -0.05) is 20.3 Å². The van der Waals surface area contributed by atoms with Gasteiger partial charge in [-0.3, -0.25) is 0 Å². The fourth-order valence-electron chi connectivity index (χ4n) is 1.88. The molecule has 1 N–H and O–H groups in total. The molecular formula is C12H25NO2S. The molecule has 96 valence electrons. The summed E-state index contributed by atoms with van der Waals surface area (Å²) in [4.78, 5) is 0. The zero-order valence-electron chi connectivity index (χ0n) is 10.5. The third-order valence-electron chi connectivity index (χ3n) is 3.30. The molecule has 0 radical (unpaired) electrons. The molecule has 3 nitrogen and oxygen atoms in total. The first-order valence-electron chi connectivity index (χ1n) is 6.47. The lowest BCUT2D eigenvalue weighted by Crippen LogP contribution is -2.38. The van der Waals surface area contributed by atoms with Crippen LogP contribution in [0.4, 0.5) is 0 Å². The molecule has 1 fully saturated rings. The third kappa shape index (κ3) is 5.30. The van der Waals surface area contributed by atoms with Crippen molar-refractivity contribution in [2.75, 3.05) is 18.1 Å². The lowest BCUT2D eigenvalue weighted by Gasteiger charge is -2.28. The van der Waals surface area contributed by atoms with Gasteiger partial charge in [0.15, 0.2) is 0 Å². The quantitative estimate of drug-likeness (QED) is 0.713. The third-order valence-corrected chi connectivity index (χ3v) is 5.18. The molecule has 4 heteroatoms. The highest BCUT2D eigenvalue weighted by molar-refractivity contribution is 7.91. The molecule has 1 aliphatic carbocycles. The Bertz CT molecular complexity index is 283. The first kappa shape index (κ1) is 14.0. The largest absolute Gasteiger partial charge is 0.314 e. The van der Waals surface area contributed by atoms with Crippen LogP contribution in [-0.2, 0) is 9.84 Å². The SMILES string of the molecule is CCCS(=O)(=O)CCC(C)CNC1CCC1. The molecule has 0 aromatic rings. The van der Waals surface area contributed by atoms with Crippen molar-refractivity contribution in [3.8, 4) is 0 Å².